The largest absolute Gasteiger partial charge is 0.380 e. The fraction of sp³-hybridized carbons (Fsp3) is 0.333. The number of aromatic amines is 1. The Kier molecular flexibility index (Phi) is 4.22. The molecule has 1 aliphatic rings. The van der Waals surface area contributed by atoms with Crippen LogP contribution in [0, 0.1) is 0 Å². The molecule has 1 aliphatic heterocycles. The van der Waals surface area contributed by atoms with Crippen LogP contribution < -0.4 is 0 Å². The Bertz CT molecular complexity index is 633. The van der Waals surface area contributed by atoms with E-state index in [0.717, 1.165) is 12.0 Å². The lowest BCUT2D eigenvalue weighted by Gasteiger charge is -2.18. The summed E-state index contributed by atoms with van der Waals surface area (Å²) in [5, 5.41) is 7.62. The number of hydrogen-bond acceptors (Lipinski definition) is 3. The highest BCUT2D eigenvalue weighted by Crippen LogP contribution is 2.26. The molecule has 3 rings (SSSR count). The first-order valence-electron chi connectivity index (χ1n) is 6.93. The van der Waals surface area contributed by atoms with Gasteiger partial charge in [-0.3, -0.25) is 9.89 Å². The van der Waals surface area contributed by atoms with Gasteiger partial charge in [-0.2, -0.15) is 5.10 Å². The number of carbonyl (C=O) groups is 1. The second-order valence-corrected chi connectivity index (χ2v) is 5.31. The number of ether oxygens (including phenoxy) is 1. The molecular weight excluding hydrogens is 290 g/mol. The van der Waals surface area contributed by atoms with E-state index in [1.165, 1.54) is 0 Å². The number of amides is 1. The molecule has 21 heavy (non-hydrogen) atoms. The molecule has 1 aromatic carbocycles. The van der Waals surface area contributed by atoms with Gasteiger partial charge in [-0.05, 0) is 18.6 Å². The molecule has 0 aliphatic carbocycles. The zero-order chi connectivity index (χ0) is 14.7. The SMILES string of the molecule is O=C(c1cc(-c2ccccc2Cl)n[nH]1)N1CCCOCC1. The maximum Gasteiger partial charge on any atom is 0.271 e. The van der Waals surface area contributed by atoms with E-state index in [-0.39, 0.29) is 5.91 Å². The van der Waals surface area contributed by atoms with Crippen LogP contribution in [0.4, 0.5) is 0 Å². The fourth-order valence-electron chi connectivity index (χ4n) is 2.36. The number of aromatic nitrogens is 2. The summed E-state index contributed by atoms with van der Waals surface area (Å²) in [4.78, 5) is 14.2. The molecule has 0 unspecified atom stereocenters. The summed E-state index contributed by atoms with van der Waals surface area (Å²) < 4.78 is 5.36. The summed E-state index contributed by atoms with van der Waals surface area (Å²) in [6.45, 7) is 2.60. The van der Waals surface area contributed by atoms with E-state index in [1.54, 1.807) is 17.0 Å². The fourth-order valence-corrected chi connectivity index (χ4v) is 2.59. The molecule has 5 nitrogen and oxygen atoms in total. The molecule has 1 fully saturated rings. The molecule has 0 bridgehead atoms. The second-order valence-electron chi connectivity index (χ2n) is 4.90. The summed E-state index contributed by atoms with van der Waals surface area (Å²) in [6.07, 6.45) is 0.858. The average molecular weight is 306 g/mol. The number of hydrogen-bond donors (Lipinski definition) is 1. The summed E-state index contributed by atoms with van der Waals surface area (Å²) in [7, 11) is 0. The molecule has 0 saturated carbocycles. The van der Waals surface area contributed by atoms with Crippen LogP contribution in [-0.4, -0.2) is 47.3 Å². The van der Waals surface area contributed by atoms with E-state index in [4.69, 9.17) is 16.3 Å². The van der Waals surface area contributed by atoms with Gasteiger partial charge < -0.3 is 9.64 Å². The lowest BCUT2D eigenvalue weighted by Crippen LogP contribution is -2.33. The van der Waals surface area contributed by atoms with Crippen molar-refractivity contribution in [2.24, 2.45) is 0 Å². The normalized spacial score (nSPS) is 15.8. The van der Waals surface area contributed by atoms with Gasteiger partial charge in [0.1, 0.15) is 5.69 Å². The van der Waals surface area contributed by atoms with Crippen LogP contribution in [0.15, 0.2) is 30.3 Å². The number of rotatable bonds is 2. The van der Waals surface area contributed by atoms with Crippen molar-refractivity contribution >= 4 is 17.5 Å². The third-order valence-corrected chi connectivity index (χ3v) is 3.80. The van der Waals surface area contributed by atoms with Gasteiger partial charge in [-0.15, -0.1) is 0 Å². The Hall–Kier alpha value is -1.85. The number of benzene rings is 1. The minimum Gasteiger partial charge on any atom is -0.380 e. The molecule has 0 spiro atoms. The minimum absolute atomic E-state index is 0.0497. The minimum atomic E-state index is -0.0497. The number of nitrogens with one attached hydrogen (secondary N) is 1. The molecule has 0 atom stereocenters. The zero-order valence-electron chi connectivity index (χ0n) is 11.5. The van der Waals surface area contributed by atoms with E-state index < -0.39 is 0 Å². The van der Waals surface area contributed by atoms with Crippen molar-refractivity contribution in [1.82, 2.24) is 15.1 Å². The van der Waals surface area contributed by atoms with Crippen LogP contribution in [0.5, 0.6) is 0 Å². The monoisotopic (exact) mass is 305 g/mol. The smallest absolute Gasteiger partial charge is 0.271 e. The summed E-state index contributed by atoms with van der Waals surface area (Å²) in [5.74, 6) is -0.0497. The maximum atomic E-state index is 12.4. The molecule has 6 heteroatoms. The molecular formula is C15H16ClN3O2. The predicted molar refractivity (Wildman–Crippen MR) is 80.4 cm³/mol. The molecule has 1 amide bonds. The topological polar surface area (TPSA) is 58.2 Å². The van der Waals surface area contributed by atoms with Gasteiger partial charge in [0, 0.05) is 25.3 Å². The third kappa shape index (κ3) is 3.09. The Morgan fingerprint density at radius 1 is 1.29 bits per heavy atom. The Balaban J connectivity index is 1.81. The lowest BCUT2D eigenvalue weighted by atomic mass is 10.1. The van der Waals surface area contributed by atoms with Crippen molar-refractivity contribution in [2.75, 3.05) is 26.3 Å². The number of H-pyrrole nitrogens is 1. The van der Waals surface area contributed by atoms with Crippen molar-refractivity contribution in [1.29, 1.82) is 0 Å². The zero-order valence-corrected chi connectivity index (χ0v) is 12.3. The molecule has 1 saturated heterocycles. The van der Waals surface area contributed by atoms with Gasteiger partial charge >= 0.3 is 0 Å². The van der Waals surface area contributed by atoms with Crippen molar-refractivity contribution < 1.29 is 9.53 Å². The molecule has 110 valence electrons. The van der Waals surface area contributed by atoms with E-state index >= 15 is 0 Å². The number of halogens is 1. The molecule has 2 heterocycles. The van der Waals surface area contributed by atoms with Gasteiger partial charge in [0.2, 0.25) is 0 Å². The van der Waals surface area contributed by atoms with Crippen molar-refractivity contribution in [3.05, 3.63) is 41.0 Å². The molecule has 1 N–H and O–H groups in total. The highest BCUT2D eigenvalue weighted by atomic mass is 35.5. The van der Waals surface area contributed by atoms with Gasteiger partial charge in [0.15, 0.2) is 0 Å². The van der Waals surface area contributed by atoms with Crippen molar-refractivity contribution in [3.8, 4) is 11.3 Å². The van der Waals surface area contributed by atoms with Crippen LogP contribution in [0.3, 0.4) is 0 Å². The van der Waals surface area contributed by atoms with Crippen molar-refractivity contribution in [3.63, 3.8) is 0 Å². The van der Waals surface area contributed by atoms with Gasteiger partial charge in [0.25, 0.3) is 5.91 Å². The molecule has 0 radical (unpaired) electrons. The highest BCUT2D eigenvalue weighted by Gasteiger charge is 2.20. The Labute approximate surface area is 127 Å². The van der Waals surface area contributed by atoms with Crippen LogP contribution in [0.25, 0.3) is 11.3 Å². The van der Waals surface area contributed by atoms with E-state index in [2.05, 4.69) is 10.2 Å². The number of nitrogens with zero attached hydrogens (tertiary/aromatic N) is 2. The predicted octanol–water partition coefficient (Wildman–Crippen LogP) is 2.59. The second kappa shape index (κ2) is 6.28. The van der Waals surface area contributed by atoms with E-state index in [9.17, 15) is 4.79 Å². The van der Waals surface area contributed by atoms with E-state index in [0.29, 0.717) is 42.7 Å². The molecule has 2 aromatic rings. The summed E-state index contributed by atoms with van der Waals surface area (Å²) in [6, 6.07) is 9.19. The van der Waals surface area contributed by atoms with Crippen LogP contribution >= 0.6 is 11.6 Å². The third-order valence-electron chi connectivity index (χ3n) is 3.47. The highest BCUT2D eigenvalue weighted by molar-refractivity contribution is 6.33. The van der Waals surface area contributed by atoms with Crippen LogP contribution in [0.1, 0.15) is 16.9 Å². The van der Waals surface area contributed by atoms with Gasteiger partial charge in [0.05, 0.1) is 17.3 Å². The first kappa shape index (κ1) is 14.1. The lowest BCUT2D eigenvalue weighted by molar-refractivity contribution is 0.0735. The summed E-state index contributed by atoms with van der Waals surface area (Å²) >= 11 is 6.15. The van der Waals surface area contributed by atoms with Crippen molar-refractivity contribution in [2.45, 2.75) is 6.42 Å². The Morgan fingerprint density at radius 2 is 2.14 bits per heavy atom. The van der Waals surface area contributed by atoms with E-state index in [1.807, 2.05) is 18.2 Å². The average Bonchev–Trinajstić information content (AvgIpc) is 2.82. The summed E-state index contributed by atoms with van der Waals surface area (Å²) in [5.41, 5.74) is 1.97. The van der Waals surface area contributed by atoms with Crippen LogP contribution in [0.2, 0.25) is 5.02 Å². The maximum absolute atomic E-state index is 12.4. The first-order chi connectivity index (χ1) is 10.3. The molecule has 1 aromatic heterocycles. The standard InChI is InChI=1S/C15H16ClN3O2/c16-12-5-2-1-4-11(12)13-10-14(18-17-13)15(20)19-6-3-8-21-9-7-19/h1-2,4-5,10H,3,6-9H2,(H,17,18). The first-order valence-corrected chi connectivity index (χ1v) is 7.31. The number of carbonyl (C=O) groups excluding carboxylic acids is 1. The van der Waals surface area contributed by atoms with Gasteiger partial charge in [-0.25, -0.2) is 0 Å². The quantitative estimate of drug-likeness (QED) is 0.928. The Morgan fingerprint density at radius 3 is 3.00 bits per heavy atom. The van der Waals surface area contributed by atoms with Gasteiger partial charge in [-0.1, -0.05) is 29.8 Å². The van der Waals surface area contributed by atoms with Crippen LogP contribution in [-0.2, 0) is 4.74 Å².